The maximum atomic E-state index is 12.1. The fraction of sp³-hybridized carbons (Fsp3) is 0.389. The standard InChI is InChI=1S/C18H24N2OS.ClH/c1-3-17(21)20(18-10-7-13-22-18)14-15(2)19-12-11-16-8-5-4-6-9-16;/h4-10,13,15,19H,3,11-12,14H2,1-2H3;1H. The van der Waals surface area contributed by atoms with E-state index in [1.807, 2.05) is 35.4 Å². The van der Waals surface area contributed by atoms with Crippen molar-refractivity contribution >= 4 is 34.7 Å². The van der Waals surface area contributed by atoms with Crippen LogP contribution in [0.2, 0.25) is 0 Å². The average molecular weight is 353 g/mol. The number of halogens is 1. The van der Waals surface area contributed by atoms with Crippen molar-refractivity contribution in [3.05, 3.63) is 53.4 Å². The molecular weight excluding hydrogens is 328 g/mol. The highest BCUT2D eigenvalue weighted by molar-refractivity contribution is 7.14. The van der Waals surface area contributed by atoms with E-state index in [-0.39, 0.29) is 24.4 Å². The molecule has 23 heavy (non-hydrogen) atoms. The van der Waals surface area contributed by atoms with Crippen molar-refractivity contribution in [3.63, 3.8) is 0 Å². The summed E-state index contributed by atoms with van der Waals surface area (Å²) in [5.74, 6) is 0.180. The van der Waals surface area contributed by atoms with E-state index in [1.54, 1.807) is 11.3 Å². The Balaban J connectivity index is 0.00000264. The van der Waals surface area contributed by atoms with Crippen LogP contribution in [0.4, 0.5) is 5.00 Å². The van der Waals surface area contributed by atoms with Crippen molar-refractivity contribution in [3.8, 4) is 0 Å². The number of carbonyl (C=O) groups excluding carboxylic acids is 1. The van der Waals surface area contributed by atoms with Gasteiger partial charge in [0.05, 0.1) is 5.00 Å². The monoisotopic (exact) mass is 352 g/mol. The molecule has 2 aromatic rings. The molecule has 1 atom stereocenters. The van der Waals surface area contributed by atoms with Crippen LogP contribution in [0.3, 0.4) is 0 Å². The van der Waals surface area contributed by atoms with Crippen LogP contribution in [0, 0.1) is 0 Å². The van der Waals surface area contributed by atoms with Crippen molar-refractivity contribution in [2.24, 2.45) is 0 Å². The molecule has 0 aliphatic carbocycles. The van der Waals surface area contributed by atoms with E-state index in [9.17, 15) is 4.79 Å². The van der Waals surface area contributed by atoms with Gasteiger partial charge in [0, 0.05) is 19.0 Å². The summed E-state index contributed by atoms with van der Waals surface area (Å²) in [5, 5.41) is 6.56. The van der Waals surface area contributed by atoms with Crippen LogP contribution < -0.4 is 10.2 Å². The molecule has 1 aromatic heterocycles. The molecule has 1 heterocycles. The Labute approximate surface area is 149 Å². The molecule has 5 heteroatoms. The lowest BCUT2D eigenvalue weighted by atomic mass is 10.1. The molecule has 2 rings (SSSR count). The first-order valence-corrected chi connectivity index (χ1v) is 8.70. The molecule has 1 amide bonds. The molecule has 0 bridgehead atoms. The van der Waals surface area contributed by atoms with Gasteiger partial charge in [-0.2, -0.15) is 0 Å². The van der Waals surface area contributed by atoms with Gasteiger partial charge in [0.25, 0.3) is 0 Å². The summed E-state index contributed by atoms with van der Waals surface area (Å²) < 4.78 is 0. The van der Waals surface area contributed by atoms with E-state index in [0.29, 0.717) is 13.0 Å². The van der Waals surface area contributed by atoms with E-state index in [2.05, 4.69) is 36.5 Å². The predicted octanol–water partition coefficient (Wildman–Crippen LogP) is 4.13. The largest absolute Gasteiger partial charge is 0.312 e. The number of rotatable bonds is 8. The zero-order chi connectivity index (χ0) is 15.8. The minimum Gasteiger partial charge on any atom is -0.312 e. The number of benzene rings is 1. The first-order chi connectivity index (χ1) is 10.7. The minimum absolute atomic E-state index is 0. The summed E-state index contributed by atoms with van der Waals surface area (Å²) in [5.41, 5.74) is 1.34. The third kappa shape index (κ3) is 6.34. The van der Waals surface area contributed by atoms with Gasteiger partial charge in [0.15, 0.2) is 0 Å². The first kappa shape index (κ1) is 19.7. The number of anilines is 1. The molecule has 1 unspecified atom stereocenters. The summed E-state index contributed by atoms with van der Waals surface area (Å²) >= 11 is 1.61. The Bertz CT molecular complexity index is 560. The highest BCUT2D eigenvalue weighted by atomic mass is 35.5. The van der Waals surface area contributed by atoms with Gasteiger partial charge in [0.1, 0.15) is 0 Å². The third-order valence-electron chi connectivity index (χ3n) is 3.58. The van der Waals surface area contributed by atoms with Gasteiger partial charge in [-0.3, -0.25) is 4.79 Å². The summed E-state index contributed by atoms with van der Waals surface area (Å²) in [7, 11) is 0. The molecule has 0 saturated carbocycles. The predicted molar refractivity (Wildman–Crippen MR) is 102 cm³/mol. The molecule has 1 N–H and O–H groups in total. The summed E-state index contributed by atoms with van der Waals surface area (Å²) in [6, 6.07) is 14.7. The van der Waals surface area contributed by atoms with Crippen LogP contribution >= 0.6 is 23.7 Å². The van der Waals surface area contributed by atoms with Crippen molar-refractivity contribution in [1.29, 1.82) is 0 Å². The number of amides is 1. The van der Waals surface area contributed by atoms with Gasteiger partial charge in [-0.15, -0.1) is 23.7 Å². The van der Waals surface area contributed by atoms with E-state index < -0.39 is 0 Å². The zero-order valence-electron chi connectivity index (χ0n) is 13.7. The Kier molecular flexibility index (Phi) is 8.92. The van der Waals surface area contributed by atoms with E-state index in [0.717, 1.165) is 18.0 Å². The second-order valence-electron chi connectivity index (χ2n) is 5.40. The average Bonchev–Trinajstić information content (AvgIpc) is 3.07. The summed E-state index contributed by atoms with van der Waals surface area (Å²) in [6.45, 7) is 5.68. The highest BCUT2D eigenvalue weighted by Gasteiger charge is 2.17. The van der Waals surface area contributed by atoms with Crippen LogP contribution in [-0.4, -0.2) is 25.0 Å². The highest BCUT2D eigenvalue weighted by Crippen LogP contribution is 2.22. The maximum absolute atomic E-state index is 12.1. The molecule has 3 nitrogen and oxygen atoms in total. The Morgan fingerprint density at radius 2 is 1.96 bits per heavy atom. The Morgan fingerprint density at radius 1 is 1.22 bits per heavy atom. The third-order valence-corrected chi connectivity index (χ3v) is 4.47. The smallest absolute Gasteiger partial charge is 0.227 e. The topological polar surface area (TPSA) is 32.3 Å². The molecule has 1 aromatic carbocycles. The van der Waals surface area contributed by atoms with Crippen molar-refractivity contribution < 1.29 is 4.79 Å². The van der Waals surface area contributed by atoms with Crippen molar-refractivity contribution in [2.45, 2.75) is 32.7 Å². The molecule has 0 radical (unpaired) electrons. The Hall–Kier alpha value is -1.36. The maximum Gasteiger partial charge on any atom is 0.227 e. The molecule has 0 saturated heterocycles. The van der Waals surface area contributed by atoms with Gasteiger partial charge < -0.3 is 10.2 Å². The normalized spacial score (nSPS) is 11.6. The fourth-order valence-electron chi connectivity index (χ4n) is 2.38. The van der Waals surface area contributed by atoms with Gasteiger partial charge in [-0.25, -0.2) is 0 Å². The number of nitrogens with one attached hydrogen (secondary N) is 1. The lowest BCUT2D eigenvalue weighted by molar-refractivity contribution is -0.118. The molecule has 0 fully saturated rings. The van der Waals surface area contributed by atoms with Crippen LogP contribution in [0.25, 0.3) is 0 Å². The zero-order valence-corrected chi connectivity index (χ0v) is 15.3. The van der Waals surface area contributed by atoms with E-state index >= 15 is 0 Å². The number of carbonyl (C=O) groups is 1. The van der Waals surface area contributed by atoms with Crippen LogP contribution in [-0.2, 0) is 11.2 Å². The van der Waals surface area contributed by atoms with Crippen molar-refractivity contribution in [2.75, 3.05) is 18.0 Å². The molecule has 0 spiro atoms. The summed E-state index contributed by atoms with van der Waals surface area (Å²) in [4.78, 5) is 14.0. The molecule has 126 valence electrons. The van der Waals surface area contributed by atoms with E-state index in [4.69, 9.17) is 0 Å². The SMILES string of the molecule is CCC(=O)N(CC(C)NCCc1ccccc1)c1cccs1.Cl. The lowest BCUT2D eigenvalue weighted by Gasteiger charge is -2.25. The lowest BCUT2D eigenvalue weighted by Crippen LogP contribution is -2.42. The van der Waals surface area contributed by atoms with Gasteiger partial charge in [0.2, 0.25) is 5.91 Å². The van der Waals surface area contributed by atoms with Crippen LogP contribution in [0.5, 0.6) is 0 Å². The fourth-order valence-corrected chi connectivity index (χ4v) is 3.13. The number of hydrogen-bond donors (Lipinski definition) is 1. The van der Waals surface area contributed by atoms with Crippen LogP contribution in [0.1, 0.15) is 25.8 Å². The molecule has 0 aliphatic rings. The first-order valence-electron chi connectivity index (χ1n) is 7.82. The number of hydrogen-bond acceptors (Lipinski definition) is 3. The van der Waals surface area contributed by atoms with Gasteiger partial charge >= 0.3 is 0 Å². The summed E-state index contributed by atoms with van der Waals surface area (Å²) in [6.07, 6.45) is 1.54. The number of nitrogens with zero attached hydrogens (tertiary/aromatic N) is 1. The molecule has 0 aliphatic heterocycles. The minimum atomic E-state index is 0. The number of thiophene rings is 1. The van der Waals surface area contributed by atoms with Gasteiger partial charge in [-0.05, 0) is 43.0 Å². The molecular formula is C18H25ClN2OS. The second kappa shape index (κ2) is 10.4. The van der Waals surface area contributed by atoms with E-state index in [1.165, 1.54) is 5.56 Å². The van der Waals surface area contributed by atoms with Gasteiger partial charge in [-0.1, -0.05) is 37.3 Å². The van der Waals surface area contributed by atoms with Crippen molar-refractivity contribution in [1.82, 2.24) is 5.32 Å². The quantitative estimate of drug-likeness (QED) is 0.774. The second-order valence-corrected chi connectivity index (χ2v) is 6.33. The van der Waals surface area contributed by atoms with Crippen LogP contribution in [0.15, 0.2) is 47.8 Å². The Morgan fingerprint density at radius 3 is 2.57 bits per heavy atom.